The second-order valence-electron chi connectivity index (χ2n) is 10.3. The van der Waals surface area contributed by atoms with Crippen LogP contribution in [-0.4, -0.2) is 0 Å². The number of anilines is 1. The fraction of sp³-hybridized carbons (Fsp3) is 0.143. The van der Waals surface area contributed by atoms with Crippen LogP contribution >= 0.6 is 0 Å². The zero-order chi connectivity index (χ0) is 24.9. The fourth-order valence-corrected chi connectivity index (χ4v) is 5.93. The molecule has 3 aromatic carbocycles. The summed E-state index contributed by atoms with van der Waals surface area (Å²) in [5.74, 6) is 0. The highest BCUT2D eigenvalue weighted by molar-refractivity contribution is 5.91. The molecule has 1 aliphatic heterocycles. The highest BCUT2D eigenvalue weighted by atomic mass is 14.9. The zero-order valence-corrected chi connectivity index (χ0v) is 21.2. The molecule has 0 saturated heterocycles. The summed E-state index contributed by atoms with van der Waals surface area (Å²) in [6.45, 7) is 10.7. The van der Waals surface area contributed by atoms with Crippen molar-refractivity contribution in [3.8, 4) is 22.3 Å². The van der Waals surface area contributed by atoms with Crippen molar-refractivity contribution in [3.05, 3.63) is 138 Å². The Balaban J connectivity index is 1.40. The Hall–Kier alpha value is -4.10. The molecule has 0 amide bonds. The van der Waals surface area contributed by atoms with Gasteiger partial charge in [0.15, 0.2) is 0 Å². The van der Waals surface area contributed by atoms with Gasteiger partial charge in [0, 0.05) is 28.8 Å². The Morgan fingerprint density at radius 1 is 0.833 bits per heavy atom. The lowest BCUT2D eigenvalue weighted by atomic mass is 9.81. The van der Waals surface area contributed by atoms with Crippen molar-refractivity contribution in [1.29, 1.82) is 0 Å². The first-order chi connectivity index (χ1) is 17.5. The Kier molecular flexibility index (Phi) is 5.30. The number of allylic oxidation sites excluding steroid dienone is 10. The summed E-state index contributed by atoms with van der Waals surface area (Å²) in [6.07, 6.45) is 15.9. The van der Waals surface area contributed by atoms with Crippen molar-refractivity contribution < 1.29 is 0 Å². The van der Waals surface area contributed by atoms with Crippen LogP contribution in [0.15, 0.2) is 121 Å². The summed E-state index contributed by atoms with van der Waals surface area (Å²) in [5.41, 5.74) is 15.4. The third kappa shape index (κ3) is 3.55. The van der Waals surface area contributed by atoms with Gasteiger partial charge in [0.2, 0.25) is 0 Å². The van der Waals surface area contributed by atoms with Crippen LogP contribution in [-0.2, 0) is 5.41 Å². The minimum Gasteiger partial charge on any atom is -0.358 e. The molecule has 1 N–H and O–H groups in total. The molecule has 0 spiro atoms. The molecule has 0 fully saturated rings. The van der Waals surface area contributed by atoms with Gasteiger partial charge < -0.3 is 5.32 Å². The molecule has 0 unspecified atom stereocenters. The van der Waals surface area contributed by atoms with Gasteiger partial charge in [0.05, 0.1) is 0 Å². The predicted octanol–water partition coefficient (Wildman–Crippen LogP) is 9.48. The normalized spacial score (nSPS) is 19.2. The summed E-state index contributed by atoms with van der Waals surface area (Å²) in [7, 11) is 0. The maximum absolute atomic E-state index is 3.96. The third-order valence-corrected chi connectivity index (χ3v) is 7.80. The maximum atomic E-state index is 3.96. The van der Waals surface area contributed by atoms with E-state index in [0.717, 1.165) is 6.42 Å². The number of benzene rings is 3. The Labute approximate surface area is 214 Å². The molecule has 2 bridgehead atoms. The molecule has 2 aliphatic carbocycles. The first kappa shape index (κ1) is 22.4. The lowest BCUT2D eigenvalue weighted by Crippen LogP contribution is -2.15. The molecule has 176 valence electrons. The van der Waals surface area contributed by atoms with Crippen molar-refractivity contribution in [3.63, 3.8) is 0 Å². The smallest absolute Gasteiger partial charge is 0.0464 e. The summed E-state index contributed by atoms with van der Waals surface area (Å²) in [5, 5.41) is 3.64. The maximum Gasteiger partial charge on any atom is 0.0464 e. The second-order valence-corrected chi connectivity index (χ2v) is 10.3. The molecule has 36 heavy (non-hydrogen) atoms. The van der Waals surface area contributed by atoms with E-state index < -0.39 is 0 Å². The number of nitrogens with one attached hydrogen (secondary N) is 1. The van der Waals surface area contributed by atoms with E-state index in [1.54, 1.807) is 0 Å². The van der Waals surface area contributed by atoms with Crippen LogP contribution in [0.25, 0.3) is 33.4 Å². The molecule has 6 rings (SSSR count). The molecule has 0 saturated carbocycles. The van der Waals surface area contributed by atoms with Gasteiger partial charge in [0.1, 0.15) is 0 Å². The van der Waals surface area contributed by atoms with Gasteiger partial charge in [-0.2, -0.15) is 0 Å². The van der Waals surface area contributed by atoms with Crippen LogP contribution in [0.2, 0.25) is 0 Å². The second kappa shape index (κ2) is 8.53. The van der Waals surface area contributed by atoms with E-state index in [4.69, 9.17) is 0 Å². The van der Waals surface area contributed by atoms with Crippen molar-refractivity contribution in [2.24, 2.45) is 0 Å². The van der Waals surface area contributed by atoms with Crippen molar-refractivity contribution in [2.75, 3.05) is 5.32 Å². The van der Waals surface area contributed by atoms with Gasteiger partial charge in [-0.3, -0.25) is 0 Å². The monoisotopic (exact) mass is 465 g/mol. The van der Waals surface area contributed by atoms with Gasteiger partial charge in [-0.15, -0.1) is 0 Å². The molecular weight excluding hydrogens is 434 g/mol. The van der Waals surface area contributed by atoms with Crippen LogP contribution in [0.4, 0.5) is 5.69 Å². The largest absolute Gasteiger partial charge is 0.358 e. The molecule has 1 heteroatoms. The van der Waals surface area contributed by atoms with Crippen LogP contribution < -0.4 is 5.32 Å². The standard InChI is InChI=1S/C35H31N/c1-5-10-32-29(6-2)31-18-16-25(21-33(31)35(32,3)4)23-12-9-13-24(19-23)26-15-17-30-27-11-7-8-14-28(20-27)36-34(30)22-26/h5-19,21-22,36H,1,20H2,2-4H3/b29-6-,32-10+. The highest BCUT2D eigenvalue weighted by Gasteiger charge is 2.37. The van der Waals surface area contributed by atoms with E-state index in [-0.39, 0.29) is 5.41 Å². The molecule has 3 aromatic rings. The summed E-state index contributed by atoms with van der Waals surface area (Å²) in [6, 6.07) is 22.7. The minimum atomic E-state index is -0.0574. The van der Waals surface area contributed by atoms with Gasteiger partial charge >= 0.3 is 0 Å². The number of hydrogen-bond donors (Lipinski definition) is 1. The molecule has 0 radical (unpaired) electrons. The van der Waals surface area contributed by atoms with E-state index in [9.17, 15) is 0 Å². The Morgan fingerprint density at radius 3 is 2.28 bits per heavy atom. The zero-order valence-electron chi connectivity index (χ0n) is 21.2. The predicted molar refractivity (Wildman–Crippen MR) is 156 cm³/mol. The van der Waals surface area contributed by atoms with E-state index in [0.29, 0.717) is 0 Å². The van der Waals surface area contributed by atoms with Crippen LogP contribution in [0.1, 0.15) is 43.9 Å². The Bertz CT molecular complexity index is 1570. The molecule has 1 heterocycles. The average Bonchev–Trinajstić information content (AvgIpc) is 2.99. The van der Waals surface area contributed by atoms with E-state index in [1.165, 1.54) is 67.0 Å². The summed E-state index contributed by atoms with van der Waals surface area (Å²) >= 11 is 0. The van der Waals surface area contributed by atoms with Crippen LogP contribution in [0.3, 0.4) is 0 Å². The Morgan fingerprint density at radius 2 is 1.53 bits per heavy atom. The van der Waals surface area contributed by atoms with Crippen LogP contribution in [0, 0.1) is 0 Å². The molecule has 0 aromatic heterocycles. The summed E-state index contributed by atoms with van der Waals surface area (Å²) < 4.78 is 0. The molecule has 0 atom stereocenters. The average molecular weight is 466 g/mol. The lowest BCUT2D eigenvalue weighted by molar-refractivity contribution is 0.661. The topological polar surface area (TPSA) is 12.0 Å². The highest BCUT2D eigenvalue weighted by Crippen LogP contribution is 2.50. The number of hydrogen-bond acceptors (Lipinski definition) is 1. The molecule has 1 nitrogen and oxygen atoms in total. The van der Waals surface area contributed by atoms with E-state index in [1.807, 2.05) is 6.08 Å². The minimum absolute atomic E-state index is 0.0574. The molecular formula is C35H31N. The van der Waals surface area contributed by atoms with E-state index in [2.05, 4.69) is 130 Å². The van der Waals surface area contributed by atoms with Gasteiger partial charge in [-0.05, 0) is 81.3 Å². The van der Waals surface area contributed by atoms with Gasteiger partial charge in [-0.1, -0.05) is 99.3 Å². The number of rotatable bonds is 3. The molecule has 3 aliphatic rings. The number of fused-ring (bicyclic) bond motifs is 5. The SMILES string of the molecule is C=C/C=C1\C(=C/C)c2ccc(-c3cccc(-c4ccc5c(c4)NC4=CC=CC=C5C4)c3)cc2C1(C)C. The van der Waals surface area contributed by atoms with Gasteiger partial charge in [0.25, 0.3) is 0 Å². The lowest BCUT2D eigenvalue weighted by Gasteiger charge is -2.23. The summed E-state index contributed by atoms with van der Waals surface area (Å²) in [4.78, 5) is 0. The van der Waals surface area contributed by atoms with Crippen LogP contribution in [0.5, 0.6) is 0 Å². The van der Waals surface area contributed by atoms with Gasteiger partial charge in [-0.25, -0.2) is 0 Å². The van der Waals surface area contributed by atoms with E-state index >= 15 is 0 Å². The van der Waals surface area contributed by atoms with Crippen molar-refractivity contribution in [2.45, 2.75) is 32.6 Å². The quantitative estimate of drug-likeness (QED) is 0.406. The van der Waals surface area contributed by atoms with Crippen molar-refractivity contribution >= 4 is 16.8 Å². The third-order valence-electron chi connectivity index (χ3n) is 7.80. The first-order valence-corrected chi connectivity index (χ1v) is 12.7. The fourth-order valence-electron chi connectivity index (χ4n) is 5.93. The first-order valence-electron chi connectivity index (χ1n) is 12.7. The van der Waals surface area contributed by atoms with Crippen molar-refractivity contribution in [1.82, 2.24) is 0 Å².